The number of carbonyl (C=O) groups is 1. The van der Waals surface area contributed by atoms with Crippen molar-refractivity contribution in [2.24, 2.45) is 0 Å². The highest BCUT2D eigenvalue weighted by Crippen LogP contribution is 2.30. The topological polar surface area (TPSA) is 131 Å². The molecule has 3 aromatic rings. The van der Waals surface area contributed by atoms with E-state index in [0.717, 1.165) is 17.4 Å². The van der Waals surface area contributed by atoms with E-state index < -0.39 is 21.7 Å². The van der Waals surface area contributed by atoms with Crippen molar-refractivity contribution in [1.29, 1.82) is 0 Å². The Morgan fingerprint density at radius 1 is 1.46 bits per heavy atom. The zero-order valence-electron chi connectivity index (χ0n) is 13.5. The first-order valence-electron chi connectivity index (χ1n) is 7.21. The Labute approximate surface area is 156 Å². The fraction of sp³-hybridized carbons (Fsp3) is 0.214. The van der Waals surface area contributed by atoms with Crippen LogP contribution in [0.3, 0.4) is 0 Å². The third kappa shape index (κ3) is 3.45. The first kappa shape index (κ1) is 18.4. The number of sulfonamides is 1. The molecule has 138 valence electrons. The molecule has 0 spiro atoms. The van der Waals surface area contributed by atoms with E-state index in [9.17, 15) is 18.0 Å². The molecule has 0 bridgehead atoms. The number of nitrogens with one attached hydrogen (secondary N) is 2. The molecule has 0 fully saturated rings. The largest absolute Gasteiger partial charge is 0.462 e. The van der Waals surface area contributed by atoms with Crippen LogP contribution in [0.5, 0.6) is 0 Å². The van der Waals surface area contributed by atoms with Crippen molar-refractivity contribution >= 4 is 55.2 Å². The van der Waals surface area contributed by atoms with Gasteiger partial charge in [0.15, 0.2) is 10.7 Å². The highest BCUT2D eigenvalue weighted by molar-refractivity contribution is 7.93. The molecule has 0 aliphatic carbocycles. The summed E-state index contributed by atoms with van der Waals surface area (Å²) in [6, 6.07) is 2.40. The second-order valence-electron chi connectivity index (χ2n) is 5.05. The van der Waals surface area contributed by atoms with Crippen molar-refractivity contribution in [2.45, 2.75) is 18.7 Å². The quantitative estimate of drug-likeness (QED) is 0.609. The van der Waals surface area contributed by atoms with E-state index in [2.05, 4.69) is 14.7 Å². The van der Waals surface area contributed by atoms with Crippen LogP contribution in [0.4, 0.5) is 5.13 Å². The highest BCUT2D eigenvalue weighted by Gasteiger charge is 2.24. The van der Waals surface area contributed by atoms with Crippen LogP contribution in [0.15, 0.2) is 26.2 Å². The zero-order valence-corrected chi connectivity index (χ0v) is 15.8. The average molecular weight is 418 g/mol. The van der Waals surface area contributed by atoms with Crippen molar-refractivity contribution in [2.75, 3.05) is 11.3 Å². The predicted molar refractivity (Wildman–Crippen MR) is 95.5 cm³/mol. The molecule has 3 rings (SSSR count). The Morgan fingerprint density at radius 3 is 2.88 bits per heavy atom. The van der Waals surface area contributed by atoms with Gasteiger partial charge in [-0.2, -0.15) is 0 Å². The number of ether oxygens (including phenoxy) is 1. The highest BCUT2D eigenvalue weighted by atomic mass is 35.5. The lowest BCUT2D eigenvalue weighted by atomic mass is 10.3. The van der Waals surface area contributed by atoms with Gasteiger partial charge in [-0.05, 0) is 19.9 Å². The number of anilines is 1. The van der Waals surface area contributed by atoms with Crippen molar-refractivity contribution in [3.05, 3.63) is 38.3 Å². The number of aromatic nitrogens is 2. The molecule has 0 saturated heterocycles. The molecule has 2 aromatic heterocycles. The summed E-state index contributed by atoms with van der Waals surface area (Å²) < 4.78 is 37.2. The van der Waals surface area contributed by atoms with Crippen LogP contribution in [0, 0.1) is 6.92 Å². The van der Waals surface area contributed by atoms with Gasteiger partial charge in [0.1, 0.15) is 9.77 Å². The molecule has 0 saturated carbocycles. The fourth-order valence-electron chi connectivity index (χ4n) is 2.15. The van der Waals surface area contributed by atoms with E-state index in [1.807, 2.05) is 0 Å². The van der Waals surface area contributed by atoms with Crippen LogP contribution in [0.1, 0.15) is 22.3 Å². The van der Waals surface area contributed by atoms with Gasteiger partial charge in [0.25, 0.3) is 10.0 Å². The molecule has 9 nitrogen and oxygen atoms in total. The van der Waals surface area contributed by atoms with Gasteiger partial charge in [-0.1, -0.05) is 22.9 Å². The number of aromatic amines is 1. The minimum absolute atomic E-state index is 0.0164. The monoisotopic (exact) mass is 417 g/mol. The first-order chi connectivity index (χ1) is 12.2. The van der Waals surface area contributed by atoms with Crippen molar-refractivity contribution in [3.63, 3.8) is 0 Å². The summed E-state index contributed by atoms with van der Waals surface area (Å²) >= 11 is 6.86. The maximum Gasteiger partial charge on any atom is 0.417 e. The normalized spacial score (nSPS) is 11.7. The van der Waals surface area contributed by atoms with E-state index in [4.69, 9.17) is 20.8 Å². The lowest BCUT2D eigenvalue weighted by Crippen LogP contribution is -2.13. The second kappa shape index (κ2) is 6.74. The van der Waals surface area contributed by atoms with Crippen molar-refractivity contribution < 1.29 is 22.4 Å². The average Bonchev–Trinajstić information content (AvgIpc) is 3.07. The van der Waals surface area contributed by atoms with Crippen LogP contribution in [0.2, 0.25) is 5.02 Å². The lowest BCUT2D eigenvalue weighted by Gasteiger charge is -2.06. The summed E-state index contributed by atoms with van der Waals surface area (Å²) in [6.45, 7) is 3.41. The lowest BCUT2D eigenvalue weighted by molar-refractivity contribution is 0.0531. The molecule has 1 aromatic carbocycles. The van der Waals surface area contributed by atoms with Crippen LogP contribution in [0.25, 0.3) is 11.1 Å². The maximum absolute atomic E-state index is 12.6. The molecule has 0 atom stereocenters. The molecular formula is C14H12ClN3O6S2. The molecule has 0 radical (unpaired) electrons. The third-order valence-electron chi connectivity index (χ3n) is 3.24. The molecule has 2 heterocycles. The number of oxazole rings is 1. The minimum atomic E-state index is -4.13. The molecule has 0 aliphatic heterocycles. The standard InChI is InChI=1S/C14H12ClN3O6S2/c1-3-23-12(19)11-6(2)16-13(25-11)18-26(21,22)10-5-9-8(4-7(10)15)17-14(20)24-9/h4-5H,3H2,1-2H3,(H,16,18)(H,17,20). The Hall–Kier alpha value is -2.37. The number of H-pyrrole nitrogens is 1. The van der Waals surface area contributed by atoms with E-state index in [1.165, 1.54) is 6.07 Å². The Morgan fingerprint density at radius 2 is 2.19 bits per heavy atom. The second-order valence-corrected chi connectivity index (χ2v) is 8.11. The number of fused-ring (bicyclic) bond motifs is 1. The number of esters is 1. The number of benzene rings is 1. The number of thiazole rings is 1. The number of hydrogen-bond donors (Lipinski definition) is 2. The number of rotatable bonds is 5. The van der Waals surface area contributed by atoms with Gasteiger partial charge in [0.05, 0.1) is 22.8 Å². The SMILES string of the molecule is CCOC(=O)c1sc(NS(=O)(=O)c2cc3oc(=O)[nH]c3cc2Cl)nc1C. The van der Waals surface area contributed by atoms with E-state index in [-0.39, 0.29) is 37.6 Å². The summed E-state index contributed by atoms with van der Waals surface area (Å²) in [5, 5.41) is -0.127. The van der Waals surface area contributed by atoms with Crippen LogP contribution in [-0.2, 0) is 14.8 Å². The van der Waals surface area contributed by atoms with Gasteiger partial charge in [-0.15, -0.1) is 0 Å². The smallest absolute Gasteiger partial charge is 0.417 e. The maximum atomic E-state index is 12.6. The zero-order chi connectivity index (χ0) is 19.1. The van der Waals surface area contributed by atoms with Crippen molar-refractivity contribution in [3.8, 4) is 0 Å². The van der Waals surface area contributed by atoms with Gasteiger partial charge in [0.2, 0.25) is 0 Å². The fourth-order valence-corrected chi connectivity index (χ4v) is 4.79. The van der Waals surface area contributed by atoms with Gasteiger partial charge in [-0.3, -0.25) is 9.71 Å². The molecule has 2 N–H and O–H groups in total. The minimum Gasteiger partial charge on any atom is -0.462 e. The molecule has 0 amide bonds. The predicted octanol–water partition coefficient (Wildman–Crippen LogP) is 2.52. The summed E-state index contributed by atoms with van der Waals surface area (Å²) in [7, 11) is -4.13. The van der Waals surface area contributed by atoms with E-state index in [1.54, 1.807) is 13.8 Å². The molecular weight excluding hydrogens is 406 g/mol. The van der Waals surface area contributed by atoms with E-state index in [0.29, 0.717) is 5.69 Å². The summed E-state index contributed by atoms with van der Waals surface area (Å²) in [5.74, 6) is -1.31. The first-order valence-corrected chi connectivity index (χ1v) is 9.88. The Bertz CT molecular complexity index is 1160. The Balaban J connectivity index is 1.97. The third-order valence-corrected chi connectivity index (χ3v) is 6.23. The van der Waals surface area contributed by atoms with Crippen LogP contribution < -0.4 is 10.5 Å². The number of carbonyl (C=O) groups excluding carboxylic acids is 1. The molecule has 12 heteroatoms. The molecule has 0 unspecified atom stereocenters. The van der Waals surface area contributed by atoms with Gasteiger partial charge >= 0.3 is 11.7 Å². The van der Waals surface area contributed by atoms with E-state index >= 15 is 0 Å². The van der Waals surface area contributed by atoms with Gasteiger partial charge in [-0.25, -0.2) is 23.0 Å². The summed E-state index contributed by atoms with van der Waals surface area (Å²) in [6.07, 6.45) is 0. The van der Waals surface area contributed by atoms with Crippen LogP contribution in [-0.4, -0.2) is 31.0 Å². The summed E-state index contributed by atoms with van der Waals surface area (Å²) in [5.41, 5.74) is 0.653. The molecule has 26 heavy (non-hydrogen) atoms. The number of hydrogen-bond acceptors (Lipinski definition) is 8. The van der Waals surface area contributed by atoms with Crippen molar-refractivity contribution in [1.82, 2.24) is 9.97 Å². The van der Waals surface area contributed by atoms with Gasteiger partial charge < -0.3 is 9.15 Å². The number of aryl methyl sites for hydroxylation is 1. The summed E-state index contributed by atoms with van der Waals surface area (Å²) in [4.78, 5) is 29.4. The van der Waals surface area contributed by atoms with Gasteiger partial charge in [0, 0.05) is 6.07 Å². The number of nitrogens with zero attached hydrogens (tertiary/aromatic N) is 1. The van der Waals surface area contributed by atoms with Crippen LogP contribution >= 0.6 is 22.9 Å². The Kier molecular flexibility index (Phi) is 4.78. The molecule has 0 aliphatic rings. The number of halogens is 1.